The smallest absolute Gasteiger partial charge is 0.312 e. The maximum Gasteiger partial charge on any atom is 0.312 e. The molecule has 2 fully saturated rings. The van der Waals surface area contributed by atoms with Crippen molar-refractivity contribution in [2.45, 2.75) is 18.6 Å². The molecule has 24 heavy (non-hydrogen) atoms. The third-order valence-electron chi connectivity index (χ3n) is 5.04. The van der Waals surface area contributed by atoms with Gasteiger partial charge in [-0.3, -0.25) is 9.59 Å². The number of rotatable bonds is 4. The van der Waals surface area contributed by atoms with Gasteiger partial charge < -0.3 is 19.1 Å². The standard InChI is InChI=1S/C18H19NO5/c1-3-23-17(21)14-13-8-9-18(24-13)10-19(16(20)15(14)18)11-6-4-5-7-12(11)22-2/h4-9,13-15H,3,10H2,1-2H3/t13-,14?,15+,18-/m1/s1. The molecule has 6 heteroatoms. The summed E-state index contributed by atoms with van der Waals surface area (Å²) in [4.78, 5) is 27.1. The van der Waals surface area contributed by atoms with E-state index in [2.05, 4.69) is 0 Å². The van der Waals surface area contributed by atoms with Crippen LogP contribution in [0.4, 0.5) is 5.69 Å². The Kier molecular flexibility index (Phi) is 3.38. The van der Waals surface area contributed by atoms with Crippen molar-refractivity contribution in [3.05, 3.63) is 36.4 Å². The van der Waals surface area contributed by atoms with E-state index in [1.165, 1.54) is 0 Å². The summed E-state index contributed by atoms with van der Waals surface area (Å²) in [5.74, 6) is -0.995. The number of methoxy groups -OCH3 is 1. The molecule has 1 aromatic rings. The largest absolute Gasteiger partial charge is 0.495 e. The summed E-state index contributed by atoms with van der Waals surface area (Å²) in [6.45, 7) is 2.42. The van der Waals surface area contributed by atoms with E-state index in [1.807, 2.05) is 36.4 Å². The molecule has 0 N–H and O–H groups in total. The van der Waals surface area contributed by atoms with Crippen LogP contribution >= 0.6 is 0 Å². The molecule has 3 aliphatic heterocycles. The summed E-state index contributed by atoms with van der Waals surface area (Å²) in [7, 11) is 1.57. The van der Waals surface area contributed by atoms with E-state index in [9.17, 15) is 9.59 Å². The van der Waals surface area contributed by atoms with E-state index in [1.54, 1.807) is 18.9 Å². The zero-order chi connectivity index (χ0) is 16.9. The number of fused-ring (bicyclic) bond motifs is 1. The van der Waals surface area contributed by atoms with Crippen LogP contribution in [0.5, 0.6) is 5.75 Å². The minimum Gasteiger partial charge on any atom is -0.495 e. The number of anilines is 1. The van der Waals surface area contributed by atoms with Gasteiger partial charge in [-0.15, -0.1) is 0 Å². The van der Waals surface area contributed by atoms with Crippen LogP contribution in [0.2, 0.25) is 0 Å². The first-order chi connectivity index (χ1) is 11.6. The average Bonchev–Trinajstić information content (AvgIpc) is 3.23. The number of benzene rings is 1. The van der Waals surface area contributed by atoms with Gasteiger partial charge >= 0.3 is 5.97 Å². The van der Waals surface area contributed by atoms with E-state index in [0.717, 1.165) is 0 Å². The SMILES string of the molecule is CCOC(=O)C1[C@H]2C(=O)N(c3ccccc3OC)C[C@]23C=C[C@H]1O3. The van der Waals surface area contributed by atoms with Crippen molar-refractivity contribution in [1.82, 2.24) is 0 Å². The normalized spacial score (nSPS) is 33.0. The Morgan fingerprint density at radius 3 is 2.96 bits per heavy atom. The molecular formula is C18H19NO5. The zero-order valence-electron chi connectivity index (χ0n) is 13.6. The highest BCUT2D eigenvalue weighted by Crippen LogP contribution is 2.53. The minimum atomic E-state index is -0.750. The van der Waals surface area contributed by atoms with Crippen LogP contribution in [-0.2, 0) is 19.1 Å². The lowest BCUT2D eigenvalue weighted by atomic mass is 9.77. The van der Waals surface area contributed by atoms with Crippen molar-refractivity contribution in [2.75, 3.05) is 25.2 Å². The first kappa shape index (κ1) is 15.2. The summed E-state index contributed by atoms with van der Waals surface area (Å²) < 4.78 is 16.6. The van der Waals surface area contributed by atoms with Crippen molar-refractivity contribution < 1.29 is 23.8 Å². The summed E-state index contributed by atoms with van der Waals surface area (Å²) in [6.07, 6.45) is 3.42. The Bertz CT molecular complexity index is 730. The van der Waals surface area contributed by atoms with E-state index in [0.29, 0.717) is 18.0 Å². The molecule has 2 bridgehead atoms. The van der Waals surface area contributed by atoms with Gasteiger partial charge in [-0.1, -0.05) is 24.3 Å². The van der Waals surface area contributed by atoms with Crippen molar-refractivity contribution in [1.29, 1.82) is 0 Å². The van der Waals surface area contributed by atoms with Gasteiger partial charge in [0.2, 0.25) is 5.91 Å². The molecule has 0 radical (unpaired) electrons. The Labute approximate surface area is 140 Å². The Morgan fingerprint density at radius 2 is 2.21 bits per heavy atom. The van der Waals surface area contributed by atoms with Crippen LogP contribution in [-0.4, -0.2) is 43.8 Å². The van der Waals surface area contributed by atoms with Crippen LogP contribution < -0.4 is 9.64 Å². The predicted molar refractivity (Wildman–Crippen MR) is 85.7 cm³/mol. The second kappa shape index (κ2) is 5.34. The van der Waals surface area contributed by atoms with Gasteiger partial charge in [-0.25, -0.2) is 0 Å². The lowest BCUT2D eigenvalue weighted by molar-refractivity contribution is -0.151. The average molecular weight is 329 g/mol. The molecule has 126 valence electrons. The van der Waals surface area contributed by atoms with E-state index in [-0.39, 0.29) is 24.6 Å². The summed E-state index contributed by atoms with van der Waals surface area (Å²) in [6, 6.07) is 7.36. The summed E-state index contributed by atoms with van der Waals surface area (Å²) in [5, 5.41) is 0. The highest BCUT2D eigenvalue weighted by atomic mass is 16.6. The van der Waals surface area contributed by atoms with Crippen LogP contribution in [0.3, 0.4) is 0 Å². The Hall–Kier alpha value is -2.34. The quantitative estimate of drug-likeness (QED) is 0.619. The predicted octanol–water partition coefficient (Wildman–Crippen LogP) is 1.54. The van der Waals surface area contributed by atoms with Gasteiger partial charge in [-0.05, 0) is 19.1 Å². The maximum atomic E-state index is 13.1. The van der Waals surface area contributed by atoms with Crippen LogP contribution in [0, 0.1) is 11.8 Å². The minimum absolute atomic E-state index is 0.121. The molecule has 0 aromatic heterocycles. The number of amides is 1. The molecule has 4 atom stereocenters. The first-order valence-electron chi connectivity index (χ1n) is 8.09. The van der Waals surface area contributed by atoms with Crippen LogP contribution in [0.15, 0.2) is 36.4 Å². The highest BCUT2D eigenvalue weighted by Gasteiger charge is 2.67. The molecule has 6 nitrogen and oxygen atoms in total. The maximum absolute atomic E-state index is 13.1. The van der Waals surface area contributed by atoms with Crippen molar-refractivity contribution in [2.24, 2.45) is 11.8 Å². The molecule has 0 aliphatic carbocycles. The molecule has 3 heterocycles. The number of para-hydroxylation sites is 2. The van der Waals surface area contributed by atoms with E-state index >= 15 is 0 Å². The number of esters is 1. The third kappa shape index (κ3) is 1.92. The molecule has 2 saturated heterocycles. The fraction of sp³-hybridized carbons (Fsp3) is 0.444. The Balaban J connectivity index is 1.71. The summed E-state index contributed by atoms with van der Waals surface area (Å²) >= 11 is 0. The van der Waals surface area contributed by atoms with Crippen molar-refractivity contribution in [3.8, 4) is 5.75 Å². The molecule has 3 aliphatic rings. The molecular weight excluding hydrogens is 310 g/mol. The molecule has 1 unspecified atom stereocenters. The van der Waals surface area contributed by atoms with Gasteiger partial charge in [0.15, 0.2) is 0 Å². The molecule has 1 aromatic carbocycles. The van der Waals surface area contributed by atoms with Crippen LogP contribution in [0.25, 0.3) is 0 Å². The van der Waals surface area contributed by atoms with Crippen LogP contribution in [0.1, 0.15) is 6.92 Å². The summed E-state index contributed by atoms with van der Waals surface area (Å²) in [5.41, 5.74) is -0.0585. The number of ether oxygens (including phenoxy) is 3. The van der Waals surface area contributed by atoms with Crippen molar-refractivity contribution in [3.63, 3.8) is 0 Å². The second-order valence-electron chi connectivity index (χ2n) is 6.25. The highest BCUT2D eigenvalue weighted by molar-refractivity contribution is 6.03. The number of nitrogens with zero attached hydrogens (tertiary/aromatic N) is 1. The fourth-order valence-electron chi connectivity index (χ4n) is 4.06. The van der Waals surface area contributed by atoms with Crippen molar-refractivity contribution >= 4 is 17.6 Å². The lowest BCUT2D eigenvalue weighted by Crippen LogP contribution is -2.40. The van der Waals surface area contributed by atoms with Gasteiger partial charge in [0.05, 0.1) is 38.0 Å². The third-order valence-corrected chi connectivity index (χ3v) is 5.04. The molecule has 1 spiro atoms. The monoisotopic (exact) mass is 329 g/mol. The van der Waals surface area contributed by atoms with E-state index < -0.39 is 17.4 Å². The Morgan fingerprint density at radius 1 is 1.42 bits per heavy atom. The van der Waals surface area contributed by atoms with Gasteiger partial charge in [0.1, 0.15) is 17.3 Å². The molecule has 1 amide bonds. The number of carbonyl (C=O) groups excluding carboxylic acids is 2. The molecule has 4 rings (SSSR count). The number of hydrogen-bond donors (Lipinski definition) is 0. The fourth-order valence-corrected chi connectivity index (χ4v) is 4.06. The van der Waals surface area contributed by atoms with E-state index in [4.69, 9.17) is 14.2 Å². The molecule has 0 saturated carbocycles. The van der Waals surface area contributed by atoms with Gasteiger partial charge in [0, 0.05) is 0 Å². The first-order valence-corrected chi connectivity index (χ1v) is 8.09. The van der Waals surface area contributed by atoms with Gasteiger partial charge in [0.25, 0.3) is 0 Å². The number of hydrogen-bond acceptors (Lipinski definition) is 5. The topological polar surface area (TPSA) is 65.1 Å². The van der Waals surface area contributed by atoms with Gasteiger partial charge in [-0.2, -0.15) is 0 Å². The second-order valence-corrected chi connectivity index (χ2v) is 6.25. The number of carbonyl (C=O) groups is 2. The lowest BCUT2D eigenvalue weighted by Gasteiger charge is -2.22. The zero-order valence-corrected chi connectivity index (χ0v) is 13.6.